The van der Waals surface area contributed by atoms with Gasteiger partial charge in [-0.05, 0) is 31.4 Å². The van der Waals surface area contributed by atoms with Crippen molar-refractivity contribution in [3.63, 3.8) is 0 Å². The van der Waals surface area contributed by atoms with Crippen LogP contribution < -0.4 is 0 Å². The van der Waals surface area contributed by atoms with E-state index in [1.165, 1.54) is 13.0 Å². The normalized spacial score (nSPS) is 29.3. The SMILES string of the molecule is C=C(C)C(=O)OC1[C@H](OC(C)=O)/C(C(=O)OC)=C\CC/C(CO)=C\[C@H]2OC(=O)C(=C)[C@H]12. The van der Waals surface area contributed by atoms with E-state index in [1.54, 1.807) is 6.08 Å². The van der Waals surface area contributed by atoms with Gasteiger partial charge in [0, 0.05) is 18.1 Å². The highest BCUT2D eigenvalue weighted by Crippen LogP contribution is 2.38. The summed E-state index contributed by atoms with van der Waals surface area (Å²) in [7, 11) is 1.16. The number of carbonyl (C=O) groups excluding carboxylic acids is 4. The predicted molar refractivity (Wildman–Crippen MR) is 107 cm³/mol. The number of hydrogen-bond acceptors (Lipinski definition) is 9. The molecule has 1 heterocycles. The minimum atomic E-state index is -1.39. The van der Waals surface area contributed by atoms with E-state index in [9.17, 15) is 24.3 Å². The lowest BCUT2D eigenvalue weighted by Crippen LogP contribution is -2.46. The van der Waals surface area contributed by atoms with Crippen molar-refractivity contribution in [3.05, 3.63) is 47.6 Å². The summed E-state index contributed by atoms with van der Waals surface area (Å²) >= 11 is 0. The molecule has 1 unspecified atom stereocenters. The van der Waals surface area contributed by atoms with E-state index in [0.717, 1.165) is 14.0 Å². The number of carbonyl (C=O) groups is 4. The lowest BCUT2D eigenvalue weighted by molar-refractivity contribution is -0.167. The topological polar surface area (TPSA) is 125 Å². The lowest BCUT2D eigenvalue weighted by atomic mass is 9.83. The first kappa shape index (κ1) is 24.1. The minimum absolute atomic E-state index is 0.0278. The standard InChI is InChI=1S/C22H26O9/c1-11(2)20(25)31-19-17-12(3)21(26)30-16(17)9-14(10-23)7-6-8-15(22(27)28-5)18(19)29-13(4)24/h8-9,16-19,23H,1,3,6-7,10H2,2,4-5H3/b14-9+,15-8+/t16-,17+,18-,19?/m1/s1. The Kier molecular flexibility index (Phi) is 7.93. The van der Waals surface area contributed by atoms with E-state index in [4.69, 9.17) is 18.9 Å². The molecule has 0 aromatic heterocycles. The Labute approximate surface area is 180 Å². The van der Waals surface area contributed by atoms with Crippen LogP contribution in [0.25, 0.3) is 0 Å². The number of ether oxygens (including phenoxy) is 4. The third-order valence-corrected chi connectivity index (χ3v) is 4.96. The zero-order valence-electron chi connectivity index (χ0n) is 17.7. The van der Waals surface area contributed by atoms with Crippen molar-refractivity contribution in [1.29, 1.82) is 0 Å². The summed E-state index contributed by atoms with van der Waals surface area (Å²) in [5, 5.41) is 9.69. The zero-order valence-corrected chi connectivity index (χ0v) is 17.7. The Morgan fingerprint density at radius 2 is 1.94 bits per heavy atom. The number of rotatable bonds is 5. The number of aliphatic hydroxyl groups excluding tert-OH is 1. The van der Waals surface area contributed by atoms with Crippen molar-refractivity contribution in [1.82, 2.24) is 0 Å². The molecule has 1 fully saturated rings. The van der Waals surface area contributed by atoms with Crippen LogP contribution in [0.1, 0.15) is 26.7 Å². The molecule has 0 bridgehead atoms. The number of aliphatic hydroxyl groups is 1. The summed E-state index contributed by atoms with van der Waals surface area (Å²) in [5.41, 5.74) is 0.512. The van der Waals surface area contributed by atoms with Gasteiger partial charge in [-0.25, -0.2) is 14.4 Å². The van der Waals surface area contributed by atoms with E-state index in [2.05, 4.69) is 13.2 Å². The highest BCUT2D eigenvalue weighted by atomic mass is 16.6. The molecule has 1 N–H and O–H groups in total. The van der Waals surface area contributed by atoms with Crippen LogP contribution in [0.2, 0.25) is 0 Å². The van der Waals surface area contributed by atoms with Crippen LogP contribution in [0.5, 0.6) is 0 Å². The molecular weight excluding hydrogens is 408 g/mol. The van der Waals surface area contributed by atoms with Gasteiger partial charge in [0.05, 0.1) is 25.2 Å². The van der Waals surface area contributed by atoms with Gasteiger partial charge in [0.25, 0.3) is 0 Å². The molecule has 168 valence electrons. The zero-order chi connectivity index (χ0) is 23.3. The summed E-state index contributed by atoms with van der Waals surface area (Å²) in [6.07, 6.45) is -0.0297. The Hall–Kier alpha value is -3.20. The highest BCUT2D eigenvalue weighted by molar-refractivity contribution is 5.93. The molecule has 1 saturated heterocycles. The summed E-state index contributed by atoms with van der Waals surface area (Å²) < 4.78 is 21.2. The second-order valence-corrected chi connectivity index (χ2v) is 7.27. The molecule has 1 aliphatic heterocycles. The monoisotopic (exact) mass is 434 g/mol. The van der Waals surface area contributed by atoms with Crippen LogP contribution in [0.3, 0.4) is 0 Å². The summed E-state index contributed by atoms with van der Waals surface area (Å²) in [6, 6.07) is 0. The summed E-state index contributed by atoms with van der Waals surface area (Å²) in [6.45, 7) is 9.54. The number of fused-ring (bicyclic) bond motifs is 1. The Morgan fingerprint density at radius 3 is 2.48 bits per heavy atom. The first-order valence-corrected chi connectivity index (χ1v) is 9.63. The maximum Gasteiger partial charge on any atom is 0.337 e. The van der Waals surface area contributed by atoms with Crippen LogP contribution in [0.15, 0.2) is 47.6 Å². The van der Waals surface area contributed by atoms with Crippen molar-refractivity contribution >= 4 is 23.9 Å². The molecule has 31 heavy (non-hydrogen) atoms. The molecule has 4 atom stereocenters. The lowest BCUT2D eigenvalue weighted by Gasteiger charge is -2.33. The average molecular weight is 434 g/mol. The fraction of sp³-hybridized carbons (Fsp3) is 0.455. The number of methoxy groups -OCH3 is 1. The average Bonchev–Trinajstić information content (AvgIpc) is 2.99. The molecule has 0 amide bonds. The van der Waals surface area contributed by atoms with Gasteiger partial charge in [-0.1, -0.05) is 19.2 Å². The molecule has 0 radical (unpaired) electrons. The molecule has 9 nitrogen and oxygen atoms in total. The Bertz CT molecular complexity index is 864. The molecule has 0 aromatic carbocycles. The van der Waals surface area contributed by atoms with E-state index in [0.29, 0.717) is 12.0 Å². The molecule has 9 heteroatoms. The molecular formula is C22H26O9. The van der Waals surface area contributed by atoms with Crippen molar-refractivity contribution in [2.24, 2.45) is 5.92 Å². The molecule has 0 spiro atoms. The highest BCUT2D eigenvalue weighted by Gasteiger charge is 2.50. The van der Waals surface area contributed by atoms with Crippen LogP contribution >= 0.6 is 0 Å². The maximum atomic E-state index is 12.6. The molecule has 0 saturated carbocycles. The van der Waals surface area contributed by atoms with Gasteiger partial charge >= 0.3 is 23.9 Å². The van der Waals surface area contributed by atoms with Gasteiger partial charge in [0.1, 0.15) is 6.10 Å². The maximum absolute atomic E-state index is 12.6. The van der Waals surface area contributed by atoms with E-state index in [-0.39, 0.29) is 29.7 Å². The van der Waals surface area contributed by atoms with E-state index < -0.39 is 48.1 Å². The quantitative estimate of drug-likeness (QED) is 0.295. The van der Waals surface area contributed by atoms with E-state index in [1.807, 2.05) is 0 Å². The third kappa shape index (κ3) is 5.49. The van der Waals surface area contributed by atoms with Crippen LogP contribution in [-0.4, -0.2) is 61.0 Å². The number of esters is 4. The predicted octanol–water partition coefficient (Wildman–Crippen LogP) is 1.32. The fourth-order valence-corrected chi connectivity index (χ4v) is 3.46. The van der Waals surface area contributed by atoms with E-state index >= 15 is 0 Å². The van der Waals surface area contributed by atoms with Gasteiger partial charge in [-0.2, -0.15) is 0 Å². The van der Waals surface area contributed by atoms with Crippen LogP contribution in [0, 0.1) is 5.92 Å². The van der Waals surface area contributed by atoms with Crippen LogP contribution in [0.4, 0.5) is 0 Å². The molecule has 1 aliphatic carbocycles. The number of allylic oxidation sites excluding steroid dienone is 1. The van der Waals surface area contributed by atoms with Gasteiger partial charge in [0.2, 0.25) is 0 Å². The van der Waals surface area contributed by atoms with Crippen molar-refractivity contribution in [2.45, 2.75) is 45.0 Å². The smallest absolute Gasteiger partial charge is 0.337 e. The van der Waals surface area contributed by atoms with Gasteiger partial charge in [-0.15, -0.1) is 0 Å². The first-order chi connectivity index (χ1) is 14.6. The van der Waals surface area contributed by atoms with Gasteiger partial charge in [-0.3, -0.25) is 4.79 Å². The molecule has 2 rings (SSSR count). The van der Waals surface area contributed by atoms with Gasteiger partial charge in [0.15, 0.2) is 12.2 Å². The minimum Gasteiger partial charge on any atom is -0.466 e. The summed E-state index contributed by atoms with van der Waals surface area (Å²) in [4.78, 5) is 49.2. The van der Waals surface area contributed by atoms with Crippen molar-refractivity contribution in [2.75, 3.05) is 13.7 Å². The van der Waals surface area contributed by atoms with Gasteiger partial charge < -0.3 is 24.1 Å². The summed E-state index contributed by atoms with van der Waals surface area (Å²) in [5.74, 6) is -4.09. The first-order valence-electron chi connectivity index (χ1n) is 9.63. The largest absolute Gasteiger partial charge is 0.466 e. The fourth-order valence-electron chi connectivity index (χ4n) is 3.46. The number of hydrogen-bond donors (Lipinski definition) is 1. The Morgan fingerprint density at radius 1 is 1.26 bits per heavy atom. The Balaban J connectivity index is 2.72. The molecule has 2 aliphatic rings. The second kappa shape index (κ2) is 10.2. The molecule has 0 aromatic rings. The van der Waals surface area contributed by atoms with Crippen molar-refractivity contribution in [3.8, 4) is 0 Å². The second-order valence-electron chi connectivity index (χ2n) is 7.27. The third-order valence-electron chi connectivity index (χ3n) is 4.96. The van der Waals surface area contributed by atoms with Crippen molar-refractivity contribution < 1.29 is 43.2 Å². The van der Waals surface area contributed by atoms with Crippen LogP contribution in [-0.2, 0) is 38.1 Å².